The molecule has 0 unspecified atom stereocenters. The van der Waals surface area contributed by atoms with Gasteiger partial charge in [-0.25, -0.2) is 4.79 Å². The van der Waals surface area contributed by atoms with Crippen LogP contribution in [0.5, 0.6) is 0 Å². The van der Waals surface area contributed by atoms with E-state index in [0.29, 0.717) is 6.54 Å². The van der Waals surface area contributed by atoms with Gasteiger partial charge in [0.25, 0.3) is 0 Å². The summed E-state index contributed by atoms with van der Waals surface area (Å²) >= 11 is 0. The van der Waals surface area contributed by atoms with Gasteiger partial charge in [-0.15, -0.1) is 0 Å². The molecule has 1 amide bonds. The Morgan fingerprint density at radius 2 is 2.32 bits per heavy atom. The first-order valence-corrected chi connectivity index (χ1v) is 6.44. The fourth-order valence-electron chi connectivity index (χ4n) is 2.36. The molecule has 0 aliphatic carbocycles. The summed E-state index contributed by atoms with van der Waals surface area (Å²) < 4.78 is 0. The van der Waals surface area contributed by atoms with E-state index in [-0.39, 0.29) is 6.04 Å². The quantitative estimate of drug-likeness (QED) is 0.861. The molecule has 1 atom stereocenters. The Bertz CT molecular complexity index is 435. The predicted octanol–water partition coefficient (Wildman–Crippen LogP) is 1.31. The van der Waals surface area contributed by atoms with Gasteiger partial charge < -0.3 is 15.3 Å². The second kappa shape index (κ2) is 5.88. The van der Waals surface area contributed by atoms with E-state index in [4.69, 9.17) is 5.11 Å². The van der Waals surface area contributed by atoms with Gasteiger partial charge in [0.2, 0.25) is 0 Å². The van der Waals surface area contributed by atoms with Gasteiger partial charge in [-0.3, -0.25) is 9.88 Å². The van der Waals surface area contributed by atoms with E-state index in [1.54, 1.807) is 0 Å². The lowest BCUT2D eigenvalue weighted by Gasteiger charge is -2.38. The summed E-state index contributed by atoms with van der Waals surface area (Å²) in [5.41, 5.74) is 2.00. The van der Waals surface area contributed by atoms with Gasteiger partial charge in [-0.2, -0.15) is 0 Å². The van der Waals surface area contributed by atoms with Crippen LogP contribution in [-0.4, -0.2) is 58.7 Å². The molecule has 1 aliphatic heterocycles. The summed E-state index contributed by atoms with van der Waals surface area (Å²) in [7, 11) is 1.86. The van der Waals surface area contributed by atoms with E-state index in [1.807, 2.05) is 32.3 Å². The van der Waals surface area contributed by atoms with Crippen LogP contribution in [0.1, 0.15) is 12.6 Å². The van der Waals surface area contributed by atoms with Crippen molar-refractivity contribution in [3.05, 3.63) is 24.0 Å². The lowest BCUT2D eigenvalue weighted by atomic mass is 10.2. The number of anilines is 1. The summed E-state index contributed by atoms with van der Waals surface area (Å²) in [5.74, 6) is 0. The maximum atomic E-state index is 11.0. The van der Waals surface area contributed by atoms with E-state index in [2.05, 4.69) is 15.2 Å². The van der Waals surface area contributed by atoms with E-state index in [1.165, 1.54) is 4.90 Å². The zero-order valence-electron chi connectivity index (χ0n) is 11.3. The molecular formula is C13H20N4O2. The minimum atomic E-state index is -0.830. The first kappa shape index (κ1) is 13.6. The first-order valence-electron chi connectivity index (χ1n) is 6.44. The molecule has 0 aromatic carbocycles. The fourth-order valence-corrected chi connectivity index (χ4v) is 2.36. The van der Waals surface area contributed by atoms with Gasteiger partial charge in [0, 0.05) is 39.3 Å². The van der Waals surface area contributed by atoms with Crippen LogP contribution in [0.4, 0.5) is 10.5 Å². The van der Waals surface area contributed by atoms with Gasteiger partial charge in [0.05, 0.1) is 17.6 Å². The summed E-state index contributed by atoms with van der Waals surface area (Å²) in [6.07, 6.45) is 0.982. The number of rotatable bonds is 3. The highest BCUT2D eigenvalue weighted by atomic mass is 16.4. The summed E-state index contributed by atoms with van der Waals surface area (Å²) in [5, 5.41) is 12.1. The third-order valence-electron chi connectivity index (χ3n) is 3.46. The van der Waals surface area contributed by atoms with Crippen LogP contribution in [0.3, 0.4) is 0 Å². The Morgan fingerprint density at radius 1 is 1.53 bits per heavy atom. The van der Waals surface area contributed by atoms with Gasteiger partial charge in [-0.1, -0.05) is 0 Å². The SMILES string of the molecule is CNc1ccc(CN2CCN(C(=O)O)[C@@H](C)C2)nc1. The molecule has 2 N–H and O–H groups in total. The number of piperazine rings is 1. The Labute approximate surface area is 113 Å². The average Bonchev–Trinajstić information content (AvgIpc) is 2.39. The van der Waals surface area contributed by atoms with Crippen molar-refractivity contribution >= 4 is 11.8 Å². The topological polar surface area (TPSA) is 68.7 Å². The highest BCUT2D eigenvalue weighted by Crippen LogP contribution is 2.13. The molecule has 6 nitrogen and oxygen atoms in total. The maximum absolute atomic E-state index is 11.0. The third kappa shape index (κ3) is 3.35. The van der Waals surface area contributed by atoms with Crippen molar-refractivity contribution in [3.8, 4) is 0 Å². The number of hydrogen-bond donors (Lipinski definition) is 2. The number of carboxylic acid groups (broad SMARTS) is 1. The molecule has 1 aliphatic rings. The molecule has 19 heavy (non-hydrogen) atoms. The summed E-state index contributed by atoms with van der Waals surface area (Å²) in [6, 6.07) is 4.03. The van der Waals surface area contributed by atoms with Crippen molar-refractivity contribution in [2.75, 3.05) is 32.0 Å². The smallest absolute Gasteiger partial charge is 0.407 e. The maximum Gasteiger partial charge on any atom is 0.407 e. The second-order valence-corrected chi connectivity index (χ2v) is 4.85. The number of carbonyl (C=O) groups is 1. The summed E-state index contributed by atoms with van der Waals surface area (Å²) in [6.45, 7) is 4.78. The van der Waals surface area contributed by atoms with Crippen LogP contribution >= 0.6 is 0 Å². The molecule has 6 heteroatoms. The normalized spacial score (nSPS) is 20.3. The molecule has 104 valence electrons. The second-order valence-electron chi connectivity index (χ2n) is 4.85. The molecule has 0 bridgehead atoms. The molecule has 1 saturated heterocycles. The lowest BCUT2D eigenvalue weighted by molar-refractivity contribution is 0.0706. The number of amides is 1. The zero-order chi connectivity index (χ0) is 13.8. The Hall–Kier alpha value is -1.82. The molecular weight excluding hydrogens is 244 g/mol. The van der Waals surface area contributed by atoms with Crippen molar-refractivity contribution in [2.45, 2.75) is 19.5 Å². The standard InChI is InChI=1S/C13H20N4O2/c1-10-8-16(5-6-17(10)13(18)19)9-12-4-3-11(14-2)7-15-12/h3-4,7,10,14H,5-6,8-9H2,1-2H3,(H,18,19)/t10-/m0/s1. The molecule has 1 fully saturated rings. The van der Waals surface area contributed by atoms with Crippen LogP contribution in [0, 0.1) is 0 Å². The third-order valence-corrected chi connectivity index (χ3v) is 3.46. The molecule has 2 heterocycles. The molecule has 0 radical (unpaired) electrons. The van der Waals surface area contributed by atoms with Gasteiger partial charge in [-0.05, 0) is 19.1 Å². The van der Waals surface area contributed by atoms with Crippen LogP contribution < -0.4 is 5.32 Å². The van der Waals surface area contributed by atoms with Crippen LogP contribution in [0.2, 0.25) is 0 Å². The van der Waals surface area contributed by atoms with Crippen molar-refractivity contribution in [3.63, 3.8) is 0 Å². The van der Waals surface area contributed by atoms with Crippen molar-refractivity contribution in [2.24, 2.45) is 0 Å². The fraction of sp³-hybridized carbons (Fsp3) is 0.538. The van der Waals surface area contributed by atoms with Crippen LogP contribution in [0.15, 0.2) is 18.3 Å². The highest BCUT2D eigenvalue weighted by molar-refractivity contribution is 5.65. The Balaban J connectivity index is 1.92. The first-order chi connectivity index (χ1) is 9.10. The van der Waals surface area contributed by atoms with Gasteiger partial charge in [0.15, 0.2) is 0 Å². The van der Waals surface area contributed by atoms with Crippen molar-refractivity contribution in [1.29, 1.82) is 0 Å². The van der Waals surface area contributed by atoms with Gasteiger partial charge in [0.1, 0.15) is 0 Å². The largest absolute Gasteiger partial charge is 0.465 e. The monoisotopic (exact) mass is 264 g/mol. The molecule has 2 rings (SSSR count). The van der Waals surface area contributed by atoms with E-state index in [9.17, 15) is 4.79 Å². The zero-order valence-corrected chi connectivity index (χ0v) is 11.3. The predicted molar refractivity (Wildman–Crippen MR) is 73.3 cm³/mol. The Morgan fingerprint density at radius 3 is 2.84 bits per heavy atom. The number of hydrogen-bond acceptors (Lipinski definition) is 4. The minimum absolute atomic E-state index is 0.0304. The molecule has 0 spiro atoms. The van der Waals surface area contributed by atoms with Crippen molar-refractivity contribution < 1.29 is 9.90 Å². The van der Waals surface area contributed by atoms with Crippen LogP contribution in [-0.2, 0) is 6.54 Å². The van der Waals surface area contributed by atoms with Crippen molar-refractivity contribution in [1.82, 2.24) is 14.8 Å². The highest BCUT2D eigenvalue weighted by Gasteiger charge is 2.26. The van der Waals surface area contributed by atoms with E-state index in [0.717, 1.165) is 31.0 Å². The number of nitrogens with zero attached hydrogens (tertiary/aromatic N) is 3. The molecule has 1 aromatic heterocycles. The minimum Gasteiger partial charge on any atom is -0.465 e. The summed E-state index contributed by atoms with van der Waals surface area (Å²) in [4.78, 5) is 19.1. The molecule has 1 aromatic rings. The van der Waals surface area contributed by atoms with Crippen LogP contribution in [0.25, 0.3) is 0 Å². The van der Waals surface area contributed by atoms with E-state index < -0.39 is 6.09 Å². The number of pyridine rings is 1. The average molecular weight is 264 g/mol. The molecule has 0 saturated carbocycles. The number of aromatic nitrogens is 1. The van der Waals surface area contributed by atoms with Gasteiger partial charge >= 0.3 is 6.09 Å². The number of nitrogens with one attached hydrogen (secondary N) is 1. The van der Waals surface area contributed by atoms with E-state index >= 15 is 0 Å². The Kier molecular flexibility index (Phi) is 4.21. The lowest BCUT2D eigenvalue weighted by Crippen LogP contribution is -2.53.